The van der Waals surface area contributed by atoms with Gasteiger partial charge in [-0.3, -0.25) is 14.5 Å². The summed E-state index contributed by atoms with van der Waals surface area (Å²) >= 11 is 0. The zero-order chi connectivity index (χ0) is 19.4. The van der Waals surface area contributed by atoms with Gasteiger partial charge in [-0.2, -0.15) is 0 Å². The molecule has 1 fully saturated rings. The molecule has 142 valence electrons. The molecule has 0 radical (unpaired) electrons. The maximum Gasteiger partial charge on any atom is 0.255 e. The Labute approximate surface area is 156 Å². The zero-order valence-electron chi connectivity index (χ0n) is 14.8. The van der Waals surface area contributed by atoms with Gasteiger partial charge in [0.15, 0.2) is 11.6 Å². The van der Waals surface area contributed by atoms with Gasteiger partial charge >= 0.3 is 0 Å². The van der Waals surface area contributed by atoms with Crippen LogP contribution in [0.15, 0.2) is 42.5 Å². The summed E-state index contributed by atoms with van der Waals surface area (Å²) < 4.78 is 26.4. The number of carbonyl (C=O) groups excluding carboxylic acids is 2. The first-order chi connectivity index (χ1) is 12.9. The Kier molecular flexibility index (Phi) is 5.81. The Hall–Kier alpha value is -2.80. The highest BCUT2D eigenvalue weighted by atomic mass is 19.2. The van der Waals surface area contributed by atoms with Gasteiger partial charge in [-0.15, -0.1) is 0 Å². The number of halogens is 2. The smallest absolute Gasteiger partial charge is 0.255 e. The number of nitrogens with zero attached hydrogens (tertiary/aromatic N) is 1. The van der Waals surface area contributed by atoms with Crippen LogP contribution >= 0.6 is 0 Å². The second kappa shape index (κ2) is 8.26. The molecule has 2 aromatic carbocycles. The van der Waals surface area contributed by atoms with Crippen LogP contribution in [0.5, 0.6) is 0 Å². The molecule has 1 heterocycles. The summed E-state index contributed by atoms with van der Waals surface area (Å²) in [5.41, 5.74) is 6.93. The summed E-state index contributed by atoms with van der Waals surface area (Å²) in [5, 5.41) is 2.75. The van der Waals surface area contributed by atoms with Crippen molar-refractivity contribution in [3.8, 4) is 0 Å². The first-order valence-electron chi connectivity index (χ1n) is 8.80. The zero-order valence-corrected chi connectivity index (χ0v) is 14.8. The van der Waals surface area contributed by atoms with Crippen LogP contribution < -0.4 is 11.1 Å². The minimum Gasteiger partial charge on any atom is -0.369 e. The third-order valence-electron chi connectivity index (χ3n) is 4.75. The number of amides is 2. The van der Waals surface area contributed by atoms with Crippen LogP contribution in [-0.4, -0.2) is 29.8 Å². The molecule has 0 spiro atoms. The van der Waals surface area contributed by atoms with Crippen LogP contribution in [-0.2, 0) is 11.3 Å². The van der Waals surface area contributed by atoms with Crippen LogP contribution in [0.2, 0.25) is 0 Å². The van der Waals surface area contributed by atoms with Crippen molar-refractivity contribution in [3.63, 3.8) is 0 Å². The largest absolute Gasteiger partial charge is 0.369 e. The van der Waals surface area contributed by atoms with Crippen molar-refractivity contribution in [2.75, 3.05) is 18.4 Å². The normalized spacial score (nSPS) is 17.5. The van der Waals surface area contributed by atoms with E-state index in [4.69, 9.17) is 5.73 Å². The van der Waals surface area contributed by atoms with Crippen molar-refractivity contribution in [2.45, 2.75) is 19.4 Å². The maximum absolute atomic E-state index is 13.4. The van der Waals surface area contributed by atoms with Crippen LogP contribution in [0.3, 0.4) is 0 Å². The van der Waals surface area contributed by atoms with E-state index in [0.29, 0.717) is 18.8 Å². The number of nitrogens with two attached hydrogens (primary N) is 1. The Morgan fingerprint density at radius 2 is 1.93 bits per heavy atom. The Morgan fingerprint density at radius 1 is 1.15 bits per heavy atom. The van der Waals surface area contributed by atoms with Gasteiger partial charge < -0.3 is 11.1 Å². The fourth-order valence-electron chi connectivity index (χ4n) is 3.28. The average molecular weight is 373 g/mol. The molecule has 0 unspecified atom stereocenters. The Morgan fingerprint density at radius 3 is 2.67 bits per heavy atom. The monoisotopic (exact) mass is 373 g/mol. The van der Waals surface area contributed by atoms with E-state index in [-0.39, 0.29) is 17.4 Å². The molecule has 1 atom stereocenters. The highest BCUT2D eigenvalue weighted by Gasteiger charge is 2.24. The third-order valence-corrected chi connectivity index (χ3v) is 4.75. The predicted octanol–water partition coefficient (Wildman–Crippen LogP) is 2.91. The van der Waals surface area contributed by atoms with Crippen molar-refractivity contribution in [1.29, 1.82) is 0 Å². The van der Waals surface area contributed by atoms with Gasteiger partial charge in [-0.1, -0.05) is 18.2 Å². The first kappa shape index (κ1) is 19.0. The van der Waals surface area contributed by atoms with Gasteiger partial charge in [-0.25, -0.2) is 8.78 Å². The highest BCUT2D eigenvalue weighted by Crippen LogP contribution is 2.23. The van der Waals surface area contributed by atoms with E-state index >= 15 is 0 Å². The maximum atomic E-state index is 13.4. The van der Waals surface area contributed by atoms with Crippen molar-refractivity contribution < 1.29 is 18.4 Å². The fourth-order valence-corrected chi connectivity index (χ4v) is 3.28. The third kappa shape index (κ3) is 4.68. The molecule has 1 aliphatic heterocycles. The summed E-state index contributed by atoms with van der Waals surface area (Å²) in [7, 11) is 0. The van der Waals surface area contributed by atoms with E-state index in [1.807, 2.05) is 12.1 Å². The minimum absolute atomic E-state index is 0.0375. The lowest BCUT2D eigenvalue weighted by molar-refractivity contribution is -0.123. The summed E-state index contributed by atoms with van der Waals surface area (Å²) in [5.74, 6) is -3.04. The molecule has 7 heteroatoms. The number of para-hydroxylation sites is 1. The molecule has 2 amide bonds. The molecular weight excluding hydrogens is 352 g/mol. The van der Waals surface area contributed by atoms with E-state index in [1.54, 1.807) is 12.1 Å². The van der Waals surface area contributed by atoms with Crippen molar-refractivity contribution in [3.05, 3.63) is 65.2 Å². The number of benzene rings is 2. The van der Waals surface area contributed by atoms with Gasteiger partial charge in [0.1, 0.15) is 0 Å². The number of anilines is 1. The minimum atomic E-state index is -1.07. The second-order valence-corrected chi connectivity index (χ2v) is 6.72. The van der Waals surface area contributed by atoms with Gasteiger partial charge in [-0.05, 0) is 49.2 Å². The number of carbonyl (C=O) groups is 2. The van der Waals surface area contributed by atoms with Crippen molar-refractivity contribution in [1.82, 2.24) is 4.90 Å². The van der Waals surface area contributed by atoms with Gasteiger partial charge in [0.05, 0.1) is 5.92 Å². The standard InChI is InChI=1S/C20H21F2N3O2/c21-16-8-7-13(10-17(16)22)20(27)24-18-6-2-1-4-14(18)11-25-9-3-5-15(12-25)19(23)26/h1-2,4,6-8,10,15H,3,5,9,11-12H2,(H2,23,26)(H,24,27)/t15-/m0/s1. The highest BCUT2D eigenvalue weighted by molar-refractivity contribution is 6.04. The number of piperidine rings is 1. The molecule has 0 aliphatic carbocycles. The molecular formula is C20H21F2N3O2. The van der Waals surface area contributed by atoms with Gasteiger partial charge in [0.25, 0.3) is 5.91 Å². The lowest BCUT2D eigenvalue weighted by Crippen LogP contribution is -2.40. The number of primary amides is 1. The van der Waals surface area contributed by atoms with Crippen LogP contribution in [0.4, 0.5) is 14.5 Å². The van der Waals surface area contributed by atoms with Gasteiger partial charge in [0.2, 0.25) is 5.91 Å². The summed E-state index contributed by atoms with van der Waals surface area (Å²) in [6, 6.07) is 10.3. The van der Waals surface area contributed by atoms with E-state index in [1.165, 1.54) is 6.07 Å². The van der Waals surface area contributed by atoms with Crippen LogP contribution in [0, 0.1) is 17.6 Å². The molecule has 2 aromatic rings. The Bertz CT molecular complexity index is 857. The molecule has 1 aliphatic rings. The number of hydrogen-bond acceptors (Lipinski definition) is 3. The Balaban J connectivity index is 1.73. The number of hydrogen-bond donors (Lipinski definition) is 2. The molecule has 27 heavy (non-hydrogen) atoms. The molecule has 0 saturated carbocycles. The van der Waals surface area contributed by atoms with Gasteiger partial charge in [0, 0.05) is 24.3 Å². The SMILES string of the molecule is NC(=O)[C@H]1CCCN(Cc2ccccc2NC(=O)c2ccc(F)c(F)c2)C1. The lowest BCUT2D eigenvalue weighted by Gasteiger charge is -2.31. The average Bonchev–Trinajstić information content (AvgIpc) is 2.65. The molecule has 5 nitrogen and oxygen atoms in total. The molecule has 3 N–H and O–H groups in total. The fraction of sp³-hybridized carbons (Fsp3) is 0.300. The first-order valence-corrected chi connectivity index (χ1v) is 8.80. The number of rotatable bonds is 5. The summed E-state index contributed by atoms with van der Waals surface area (Å²) in [6.07, 6.45) is 1.68. The summed E-state index contributed by atoms with van der Waals surface area (Å²) in [4.78, 5) is 26.0. The molecule has 0 bridgehead atoms. The second-order valence-electron chi connectivity index (χ2n) is 6.72. The van der Waals surface area contributed by atoms with Crippen molar-refractivity contribution in [2.24, 2.45) is 11.7 Å². The van der Waals surface area contributed by atoms with E-state index < -0.39 is 17.5 Å². The predicted molar refractivity (Wildman–Crippen MR) is 97.9 cm³/mol. The molecule has 3 rings (SSSR count). The lowest BCUT2D eigenvalue weighted by atomic mass is 9.97. The van der Waals surface area contributed by atoms with Crippen molar-refractivity contribution >= 4 is 17.5 Å². The number of likely N-dealkylation sites (tertiary alicyclic amines) is 1. The molecule has 1 saturated heterocycles. The van der Waals surface area contributed by atoms with E-state index in [2.05, 4.69) is 10.2 Å². The van der Waals surface area contributed by atoms with Crippen LogP contribution in [0.25, 0.3) is 0 Å². The van der Waals surface area contributed by atoms with Crippen LogP contribution in [0.1, 0.15) is 28.8 Å². The topological polar surface area (TPSA) is 75.4 Å². The molecule has 0 aromatic heterocycles. The number of nitrogens with one attached hydrogen (secondary N) is 1. The summed E-state index contributed by atoms with van der Waals surface area (Å²) in [6.45, 7) is 1.98. The van der Waals surface area contributed by atoms with E-state index in [9.17, 15) is 18.4 Å². The quantitative estimate of drug-likeness (QED) is 0.846. The van der Waals surface area contributed by atoms with E-state index in [0.717, 1.165) is 37.1 Å².